The topological polar surface area (TPSA) is 75.7 Å². The lowest BCUT2D eigenvalue weighted by atomic mass is 10.1. The first-order valence-corrected chi connectivity index (χ1v) is 9.04. The number of amides is 1. The van der Waals surface area contributed by atoms with Gasteiger partial charge in [0.05, 0.1) is 12.0 Å². The van der Waals surface area contributed by atoms with Crippen LogP contribution in [0.5, 0.6) is 0 Å². The molecule has 0 spiro atoms. The Balaban J connectivity index is 2.71. The quantitative estimate of drug-likeness (QED) is 0.826. The maximum absolute atomic E-state index is 11.5. The van der Waals surface area contributed by atoms with Gasteiger partial charge in [0.15, 0.2) is 9.84 Å². The molecule has 0 saturated heterocycles. The Morgan fingerprint density at radius 3 is 2.36 bits per heavy atom. The third-order valence-corrected chi connectivity index (χ3v) is 4.73. The zero-order valence-corrected chi connectivity index (χ0v) is 14.3. The fourth-order valence-electron chi connectivity index (χ4n) is 2.20. The lowest BCUT2D eigenvalue weighted by Crippen LogP contribution is -2.36. The number of rotatable bonds is 7. The van der Waals surface area contributed by atoms with Gasteiger partial charge in [0.2, 0.25) is 0 Å². The minimum absolute atomic E-state index is 0.123. The van der Waals surface area contributed by atoms with E-state index < -0.39 is 15.9 Å². The fourth-order valence-corrected chi connectivity index (χ4v) is 2.83. The van der Waals surface area contributed by atoms with E-state index in [2.05, 4.69) is 21.9 Å². The molecule has 0 aromatic heterocycles. The van der Waals surface area contributed by atoms with E-state index in [0.29, 0.717) is 18.0 Å². The molecule has 0 aliphatic carbocycles. The van der Waals surface area contributed by atoms with Crippen molar-refractivity contribution >= 4 is 15.9 Å². The molecule has 124 valence electrons. The summed E-state index contributed by atoms with van der Waals surface area (Å²) >= 11 is 0. The first-order valence-electron chi connectivity index (χ1n) is 7.15. The van der Waals surface area contributed by atoms with Gasteiger partial charge in [-0.3, -0.25) is 4.90 Å². The van der Waals surface area contributed by atoms with Gasteiger partial charge in [-0.05, 0) is 31.2 Å². The predicted octanol–water partition coefficient (Wildman–Crippen LogP) is 1.83. The molecule has 0 bridgehead atoms. The van der Waals surface area contributed by atoms with Crippen molar-refractivity contribution < 1.29 is 17.9 Å². The Morgan fingerprint density at radius 2 is 1.91 bits per heavy atom. The van der Waals surface area contributed by atoms with Crippen LogP contribution in [0.15, 0.2) is 29.2 Å². The van der Waals surface area contributed by atoms with Crippen LogP contribution in [0, 0.1) is 0 Å². The lowest BCUT2D eigenvalue weighted by molar-refractivity contribution is 0.165. The summed E-state index contributed by atoms with van der Waals surface area (Å²) < 4.78 is 27.5. The number of ether oxygens (including phenoxy) is 1. The average Bonchev–Trinajstić information content (AvgIpc) is 2.50. The van der Waals surface area contributed by atoms with Crippen LogP contribution < -0.4 is 5.32 Å². The molecule has 1 rings (SSSR count). The molecule has 1 aromatic rings. The van der Waals surface area contributed by atoms with Crippen LogP contribution in [0.2, 0.25) is 0 Å². The monoisotopic (exact) mass is 328 g/mol. The molecule has 1 atom stereocenters. The number of hydrogen-bond acceptors (Lipinski definition) is 5. The lowest BCUT2D eigenvalue weighted by Gasteiger charge is -2.28. The van der Waals surface area contributed by atoms with Gasteiger partial charge in [0.25, 0.3) is 0 Å². The maximum atomic E-state index is 11.5. The Hall–Kier alpha value is -1.60. The molecule has 0 heterocycles. The van der Waals surface area contributed by atoms with Crippen LogP contribution >= 0.6 is 0 Å². The summed E-state index contributed by atoms with van der Waals surface area (Å²) in [4.78, 5) is 13.5. The van der Waals surface area contributed by atoms with Crippen molar-refractivity contribution in [1.29, 1.82) is 0 Å². The number of sulfone groups is 1. The van der Waals surface area contributed by atoms with Gasteiger partial charge in [-0.15, -0.1) is 0 Å². The summed E-state index contributed by atoms with van der Waals surface area (Å²) in [6, 6.07) is 7.04. The number of likely N-dealkylation sites (N-methyl/N-ethyl adjacent to an activating group) is 1. The van der Waals surface area contributed by atoms with Crippen molar-refractivity contribution in [3.63, 3.8) is 0 Å². The number of methoxy groups -OCH3 is 1. The molecule has 22 heavy (non-hydrogen) atoms. The number of alkyl carbamates (subject to hydrolysis) is 1. The first-order chi connectivity index (χ1) is 10.3. The van der Waals surface area contributed by atoms with Crippen LogP contribution in [0.4, 0.5) is 4.79 Å². The highest BCUT2D eigenvalue weighted by Gasteiger charge is 2.15. The number of nitrogens with one attached hydrogen (secondary N) is 1. The normalized spacial score (nSPS) is 13.0. The molecule has 0 radical (unpaired) electrons. The van der Waals surface area contributed by atoms with Gasteiger partial charge in [-0.25, -0.2) is 13.2 Å². The molecule has 6 nitrogen and oxygen atoms in total. The smallest absolute Gasteiger partial charge is 0.406 e. The van der Waals surface area contributed by atoms with Crippen LogP contribution in [-0.2, 0) is 14.6 Å². The third kappa shape index (κ3) is 5.31. The number of hydrogen-bond donors (Lipinski definition) is 1. The molecule has 1 N–H and O–H groups in total. The number of carbonyl (C=O) groups is 1. The van der Waals surface area contributed by atoms with E-state index in [4.69, 9.17) is 0 Å². The van der Waals surface area contributed by atoms with Crippen LogP contribution in [0.25, 0.3) is 0 Å². The third-order valence-electron chi connectivity index (χ3n) is 3.60. The van der Waals surface area contributed by atoms with Gasteiger partial charge in [0.1, 0.15) is 0 Å². The fraction of sp³-hybridized carbons (Fsp3) is 0.533. The first kappa shape index (κ1) is 18.4. The van der Waals surface area contributed by atoms with Gasteiger partial charge in [-0.2, -0.15) is 0 Å². The summed E-state index contributed by atoms with van der Waals surface area (Å²) in [5.74, 6) is 0. The van der Waals surface area contributed by atoms with E-state index in [1.807, 2.05) is 19.1 Å². The SMILES string of the molecule is CCN(CCNC(=O)OC)C(C)c1ccc(S(C)(=O)=O)cc1. The van der Waals surface area contributed by atoms with E-state index in [1.165, 1.54) is 13.4 Å². The molecule has 7 heteroatoms. The van der Waals surface area contributed by atoms with E-state index in [9.17, 15) is 13.2 Å². The Bertz CT molecular complexity index is 584. The summed E-state index contributed by atoms with van der Waals surface area (Å²) in [6.45, 7) is 6.08. The van der Waals surface area contributed by atoms with E-state index in [-0.39, 0.29) is 6.04 Å². The summed E-state index contributed by atoms with van der Waals surface area (Å²) in [7, 11) is -1.84. The minimum Gasteiger partial charge on any atom is -0.453 e. The second-order valence-corrected chi connectivity index (χ2v) is 7.08. The van der Waals surface area contributed by atoms with Crippen molar-refractivity contribution in [1.82, 2.24) is 10.2 Å². The molecule has 0 fully saturated rings. The molecule has 0 saturated carbocycles. The van der Waals surface area contributed by atoms with E-state index >= 15 is 0 Å². The van der Waals surface area contributed by atoms with Gasteiger partial charge >= 0.3 is 6.09 Å². The van der Waals surface area contributed by atoms with Crippen molar-refractivity contribution in [2.45, 2.75) is 24.8 Å². The molecule has 1 amide bonds. The van der Waals surface area contributed by atoms with Crippen LogP contribution in [-0.4, -0.2) is 52.4 Å². The number of benzene rings is 1. The van der Waals surface area contributed by atoms with Gasteiger partial charge in [0, 0.05) is 25.4 Å². The van der Waals surface area contributed by atoms with Crippen LogP contribution in [0.1, 0.15) is 25.5 Å². The largest absolute Gasteiger partial charge is 0.453 e. The average molecular weight is 328 g/mol. The second-order valence-electron chi connectivity index (χ2n) is 5.06. The van der Waals surface area contributed by atoms with Crippen molar-refractivity contribution in [2.24, 2.45) is 0 Å². The predicted molar refractivity (Wildman–Crippen MR) is 85.6 cm³/mol. The molecular weight excluding hydrogens is 304 g/mol. The zero-order chi connectivity index (χ0) is 16.8. The molecule has 1 aromatic carbocycles. The van der Waals surface area contributed by atoms with E-state index in [1.54, 1.807) is 12.1 Å². The van der Waals surface area contributed by atoms with Crippen molar-refractivity contribution in [3.05, 3.63) is 29.8 Å². The Kier molecular flexibility index (Phi) is 6.83. The maximum Gasteiger partial charge on any atom is 0.406 e. The molecule has 0 aliphatic rings. The molecular formula is C15H24N2O4S. The number of nitrogens with zero attached hydrogens (tertiary/aromatic N) is 1. The highest BCUT2D eigenvalue weighted by atomic mass is 32.2. The highest BCUT2D eigenvalue weighted by Crippen LogP contribution is 2.21. The standard InChI is InChI=1S/C15H24N2O4S/c1-5-17(11-10-16-15(18)21-3)12(2)13-6-8-14(9-7-13)22(4,19)20/h6-9,12H,5,10-11H2,1-4H3,(H,16,18). The minimum atomic E-state index is -3.17. The molecule has 0 aliphatic heterocycles. The second kappa shape index (κ2) is 8.14. The zero-order valence-electron chi connectivity index (χ0n) is 13.5. The Labute approximate surface area is 132 Å². The Morgan fingerprint density at radius 1 is 1.32 bits per heavy atom. The number of carbonyl (C=O) groups excluding carboxylic acids is 1. The summed E-state index contributed by atoms with van der Waals surface area (Å²) in [5.41, 5.74) is 1.03. The van der Waals surface area contributed by atoms with Crippen molar-refractivity contribution in [2.75, 3.05) is 33.0 Å². The van der Waals surface area contributed by atoms with Gasteiger partial charge < -0.3 is 10.1 Å². The van der Waals surface area contributed by atoms with Crippen LogP contribution in [0.3, 0.4) is 0 Å². The van der Waals surface area contributed by atoms with E-state index in [0.717, 1.165) is 12.1 Å². The summed E-state index contributed by atoms with van der Waals surface area (Å²) in [6.07, 6.45) is 0.753. The highest BCUT2D eigenvalue weighted by molar-refractivity contribution is 7.90. The summed E-state index contributed by atoms with van der Waals surface area (Å²) in [5, 5.41) is 2.65. The molecule has 1 unspecified atom stereocenters. The van der Waals surface area contributed by atoms with Crippen molar-refractivity contribution in [3.8, 4) is 0 Å². The van der Waals surface area contributed by atoms with Gasteiger partial charge in [-0.1, -0.05) is 19.1 Å².